The van der Waals surface area contributed by atoms with Crippen molar-refractivity contribution in [1.29, 1.82) is 0 Å². The summed E-state index contributed by atoms with van der Waals surface area (Å²) in [5, 5.41) is 24.4. The van der Waals surface area contributed by atoms with Crippen molar-refractivity contribution in [2.24, 2.45) is 0 Å². The number of ketones is 3. The molecule has 0 spiro atoms. The zero-order valence-electron chi connectivity index (χ0n) is 18.9. The maximum Gasteiger partial charge on any atom is 0.194 e. The Morgan fingerprint density at radius 3 is 2.39 bits per heavy atom. The lowest BCUT2D eigenvalue weighted by molar-refractivity contribution is -0.123. The molecule has 1 aliphatic carbocycles. The molecule has 0 fully saturated rings. The molecule has 3 N–H and O–H groups in total. The summed E-state index contributed by atoms with van der Waals surface area (Å²) in [5.41, 5.74) is 0.0362. The molecule has 2 aliphatic rings. The Morgan fingerprint density at radius 1 is 1.09 bits per heavy atom. The molecule has 0 radical (unpaired) electrons. The molecule has 0 saturated carbocycles. The monoisotopic (exact) mass is 447 g/mol. The molecular formula is C26H25NO6. The van der Waals surface area contributed by atoms with Gasteiger partial charge in [0.25, 0.3) is 0 Å². The maximum absolute atomic E-state index is 13.7. The van der Waals surface area contributed by atoms with Crippen LogP contribution >= 0.6 is 0 Å². The normalized spacial score (nSPS) is 20.5. The third-order valence-corrected chi connectivity index (χ3v) is 6.41. The number of carbonyl (C=O) groups is 3. The minimum atomic E-state index is -1.51. The first-order valence-corrected chi connectivity index (χ1v) is 10.7. The summed E-state index contributed by atoms with van der Waals surface area (Å²) in [6.07, 6.45) is 1.92. The standard InChI is InChI=1S/C26H25NO6/c1-13-22(30)20(15(3)28)24-21(23(13)31)26(4)18(33-24)12-17(29)19(25(26)32)14(2)27-11-10-16-8-6-5-7-9-16/h5-9,12,27,30-31H,10-11H2,1-4H3. The van der Waals surface area contributed by atoms with Crippen LogP contribution in [0.2, 0.25) is 0 Å². The van der Waals surface area contributed by atoms with Crippen molar-refractivity contribution in [3.63, 3.8) is 0 Å². The van der Waals surface area contributed by atoms with Gasteiger partial charge in [-0.05, 0) is 39.7 Å². The van der Waals surface area contributed by atoms with E-state index in [4.69, 9.17) is 4.74 Å². The molecule has 0 bridgehead atoms. The van der Waals surface area contributed by atoms with Crippen LogP contribution in [0.15, 0.2) is 53.4 Å². The van der Waals surface area contributed by atoms with E-state index in [0.29, 0.717) is 18.7 Å². The van der Waals surface area contributed by atoms with Gasteiger partial charge in [0.15, 0.2) is 17.3 Å². The minimum absolute atomic E-state index is 0.0242. The smallest absolute Gasteiger partial charge is 0.194 e. The maximum atomic E-state index is 13.7. The van der Waals surface area contributed by atoms with Gasteiger partial charge >= 0.3 is 0 Å². The predicted molar refractivity (Wildman–Crippen MR) is 121 cm³/mol. The van der Waals surface area contributed by atoms with E-state index in [2.05, 4.69) is 5.32 Å². The second-order valence-electron chi connectivity index (χ2n) is 8.55. The first kappa shape index (κ1) is 22.3. The van der Waals surface area contributed by atoms with E-state index in [0.717, 1.165) is 5.56 Å². The highest BCUT2D eigenvalue weighted by Crippen LogP contribution is 2.57. The summed E-state index contributed by atoms with van der Waals surface area (Å²) >= 11 is 0. The molecule has 7 nitrogen and oxygen atoms in total. The highest BCUT2D eigenvalue weighted by Gasteiger charge is 2.56. The van der Waals surface area contributed by atoms with E-state index < -0.39 is 28.5 Å². The van der Waals surface area contributed by atoms with Crippen molar-refractivity contribution < 1.29 is 29.3 Å². The molecule has 0 aromatic heterocycles. The van der Waals surface area contributed by atoms with Gasteiger partial charge in [-0.2, -0.15) is 0 Å². The Kier molecular flexibility index (Phi) is 5.36. The Hall–Kier alpha value is -3.87. The summed E-state index contributed by atoms with van der Waals surface area (Å²) < 4.78 is 5.77. The molecule has 1 aliphatic heterocycles. The molecule has 1 heterocycles. The van der Waals surface area contributed by atoms with Crippen LogP contribution in [-0.2, 0) is 21.4 Å². The number of aromatic hydroxyl groups is 2. The highest BCUT2D eigenvalue weighted by atomic mass is 16.5. The number of ether oxygens (including phenoxy) is 1. The summed E-state index contributed by atoms with van der Waals surface area (Å²) in [7, 11) is 0. The van der Waals surface area contributed by atoms with Gasteiger partial charge in [-0.15, -0.1) is 0 Å². The lowest BCUT2D eigenvalue weighted by Crippen LogP contribution is -2.41. The number of hydrogen-bond donors (Lipinski definition) is 3. The highest BCUT2D eigenvalue weighted by molar-refractivity contribution is 6.31. The molecule has 0 saturated heterocycles. The largest absolute Gasteiger partial charge is 0.507 e. The number of carbonyl (C=O) groups excluding carboxylic acids is 3. The van der Waals surface area contributed by atoms with Crippen LogP contribution in [-0.4, -0.2) is 34.1 Å². The molecule has 2 aromatic rings. The van der Waals surface area contributed by atoms with E-state index in [1.54, 1.807) is 13.8 Å². The Morgan fingerprint density at radius 2 is 1.76 bits per heavy atom. The Labute approximate surface area is 191 Å². The number of fused-ring (bicyclic) bond motifs is 3. The van der Waals surface area contributed by atoms with E-state index in [9.17, 15) is 24.6 Å². The quantitative estimate of drug-likeness (QED) is 0.366. The number of nitrogens with one attached hydrogen (secondary N) is 1. The van der Waals surface area contributed by atoms with Crippen LogP contribution < -0.4 is 10.1 Å². The summed E-state index contributed by atoms with van der Waals surface area (Å²) in [5.74, 6) is -2.35. The fourth-order valence-corrected chi connectivity index (χ4v) is 4.49. The van der Waals surface area contributed by atoms with Crippen molar-refractivity contribution in [3.05, 3.63) is 75.7 Å². The summed E-state index contributed by atoms with van der Waals surface area (Å²) in [4.78, 5) is 38.8. The van der Waals surface area contributed by atoms with Crippen molar-refractivity contribution in [1.82, 2.24) is 5.32 Å². The number of rotatable bonds is 5. The van der Waals surface area contributed by atoms with E-state index in [-0.39, 0.29) is 39.5 Å². The molecule has 2 aromatic carbocycles. The number of allylic oxidation sites excluding steroid dienone is 4. The fourth-order valence-electron chi connectivity index (χ4n) is 4.49. The van der Waals surface area contributed by atoms with Gasteiger partial charge in [0.05, 0.1) is 11.1 Å². The Bertz CT molecular complexity index is 1270. The second kappa shape index (κ2) is 7.92. The second-order valence-corrected chi connectivity index (χ2v) is 8.55. The lowest BCUT2D eigenvalue weighted by Gasteiger charge is -2.29. The molecule has 33 heavy (non-hydrogen) atoms. The van der Waals surface area contributed by atoms with Crippen LogP contribution in [0, 0.1) is 6.92 Å². The molecular weight excluding hydrogens is 422 g/mol. The molecule has 0 amide bonds. The van der Waals surface area contributed by atoms with Crippen LogP contribution in [0.4, 0.5) is 0 Å². The number of phenolic OH excluding ortho intramolecular Hbond substituents is 2. The van der Waals surface area contributed by atoms with Crippen LogP contribution in [0.3, 0.4) is 0 Å². The van der Waals surface area contributed by atoms with Gasteiger partial charge in [0, 0.05) is 23.9 Å². The number of hydrogen-bond acceptors (Lipinski definition) is 7. The first-order chi connectivity index (χ1) is 15.6. The number of benzene rings is 2. The average molecular weight is 447 g/mol. The van der Waals surface area contributed by atoms with Gasteiger partial charge in [-0.25, -0.2) is 0 Å². The molecule has 1 unspecified atom stereocenters. The fraction of sp³-hybridized carbons (Fsp3) is 0.269. The van der Waals surface area contributed by atoms with Crippen LogP contribution in [0.5, 0.6) is 17.2 Å². The lowest BCUT2D eigenvalue weighted by atomic mass is 9.70. The zero-order chi connectivity index (χ0) is 24.1. The molecule has 1 atom stereocenters. The van der Waals surface area contributed by atoms with Gasteiger partial charge in [-0.1, -0.05) is 30.3 Å². The third kappa shape index (κ3) is 3.31. The van der Waals surface area contributed by atoms with Crippen molar-refractivity contribution in [2.75, 3.05) is 6.54 Å². The predicted octanol–water partition coefficient (Wildman–Crippen LogP) is 3.40. The average Bonchev–Trinajstić information content (AvgIpc) is 3.06. The number of phenols is 2. The third-order valence-electron chi connectivity index (χ3n) is 6.41. The SMILES string of the molecule is CC(=O)c1c(O)c(C)c(O)c2c1OC1=CC(=O)C(=C(C)NCCc3ccccc3)C(=O)C12C. The van der Waals surface area contributed by atoms with Gasteiger partial charge < -0.3 is 20.3 Å². The van der Waals surface area contributed by atoms with Gasteiger partial charge in [0.2, 0.25) is 0 Å². The van der Waals surface area contributed by atoms with Gasteiger partial charge in [0.1, 0.15) is 34.0 Å². The van der Waals surface area contributed by atoms with Crippen LogP contribution in [0.25, 0.3) is 0 Å². The zero-order valence-corrected chi connectivity index (χ0v) is 18.9. The van der Waals surface area contributed by atoms with Crippen LogP contribution in [0.1, 0.15) is 47.8 Å². The molecule has 4 rings (SSSR count). The molecule has 7 heteroatoms. The van der Waals surface area contributed by atoms with Crippen molar-refractivity contribution in [2.45, 2.75) is 39.5 Å². The topological polar surface area (TPSA) is 113 Å². The van der Waals surface area contributed by atoms with E-state index in [1.807, 2.05) is 30.3 Å². The molecule has 170 valence electrons. The van der Waals surface area contributed by atoms with Crippen molar-refractivity contribution >= 4 is 17.3 Å². The number of Topliss-reactive ketones (excluding diaryl/α,β-unsaturated/α-hetero) is 2. The van der Waals surface area contributed by atoms with E-state index in [1.165, 1.54) is 19.9 Å². The van der Waals surface area contributed by atoms with E-state index >= 15 is 0 Å². The summed E-state index contributed by atoms with van der Waals surface area (Å²) in [6, 6.07) is 9.82. The van der Waals surface area contributed by atoms with Crippen molar-refractivity contribution in [3.8, 4) is 17.2 Å². The minimum Gasteiger partial charge on any atom is -0.507 e. The Balaban J connectivity index is 1.76. The van der Waals surface area contributed by atoms with Gasteiger partial charge in [-0.3, -0.25) is 14.4 Å². The first-order valence-electron chi connectivity index (χ1n) is 10.7. The summed E-state index contributed by atoms with van der Waals surface area (Å²) in [6.45, 7) is 6.45.